The van der Waals surface area contributed by atoms with Crippen LogP contribution in [0.1, 0.15) is 51.0 Å². The second kappa shape index (κ2) is 10.4. The molecule has 2 aliphatic heterocycles. The van der Waals surface area contributed by atoms with Crippen LogP contribution < -0.4 is 9.97 Å². The van der Waals surface area contributed by atoms with E-state index < -0.39 is 0 Å². The molecule has 2 aliphatic rings. The fourth-order valence-corrected chi connectivity index (χ4v) is 2.33. The van der Waals surface area contributed by atoms with Gasteiger partial charge in [-0.25, -0.2) is 9.97 Å². The van der Waals surface area contributed by atoms with E-state index in [1.165, 1.54) is 0 Å². The molecule has 5 heterocycles. The van der Waals surface area contributed by atoms with Crippen molar-refractivity contribution >= 4 is 46.9 Å². The van der Waals surface area contributed by atoms with Gasteiger partial charge in [-0.1, -0.05) is 27.7 Å². The van der Waals surface area contributed by atoms with Crippen LogP contribution in [0.5, 0.6) is 0 Å². The molecule has 3 aromatic heterocycles. The van der Waals surface area contributed by atoms with Gasteiger partial charge < -0.3 is 29.9 Å². The average molecular weight is 436 g/mol. The number of hydrogen-bond donors (Lipinski definition) is 0. The normalized spacial score (nSPS) is 10.9. The van der Waals surface area contributed by atoms with Gasteiger partial charge in [0.05, 0.1) is 23.3 Å². The van der Waals surface area contributed by atoms with E-state index in [0.717, 1.165) is 0 Å². The molecule has 0 unspecified atom stereocenters. The smallest absolute Gasteiger partial charge is 0.358 e. The third-order valence-corrected chi connectivity index (χ3v) is 3.36. The van der Waals surface area contributed by atoms with E-state index in [9.17, 15) is 0 Å². The summed E-state index contributed by atoms with van der Waals surface area (Å²) in [6.45, 7) is 8.00. The molecule has 0 saturated carbocycles. The molecule has 8 bridgehead atoms. The topological polar surface area (TPSA) is 106 Å². The minimum absolute atomic E-state index is 0. The van der Waals surface area contributed by atoms with Crippen LogP contribution in [-0.2, 0) is 17.1 Å². The Morgan fingerprint density at radius 2 is 0.690 bits per heavy atom. The molecule has 29 heavy (non-hydrogen) atoms. The molecular formula is C20H20CuN8. The van der Waals surface area contributed by atoms with Crippen molar-refractivity contribution in [1.82, 2.24) is 39.9 Å². The van der Waals surface area contributed by atoms with Crippen LogP contribution in [-0.4, -0.2) is 29.9 Å². The quantitative estimate of drug-likeness (QED) is 0.340. The van der Waals surface area contributed by atoms with Crippen molar-refractivity contribution in [3.63, 3.8) is 0 Å². The Morgan fingerprint density at radius 3 is 0.931 bits per heavy atom. The maximum absolute atomic E-state index is 4.37. The van der Waals surface area contributed by atoms with E-state index >= 15 is 0 Å². The van der Waals surface area contributed by atoms with Gasteiger partial charge in [-0.3, -0.25) is 0 Å². The maximum Gasteiger partial charge on any atom is 2.00 e. The Bertz CT molecular complexity index is 999. The molecule has 0 fully saturated rings. The van der Waals surface area contributed by atoms with Crippen LogP contribution in [0, 0.1) is 0 Å². The second-order valence-electron chi connectivity index (χ2n) is 5.09. The van der Waals surface area contributed by atoms with Crippen molar-refractivity contribution in [2.75, 3.05) is 0 Å². The van der Waals surface area contributed by atoms with E-state index in [1.54, 1.807) is 48.6 Å². The van der Waals surface area contributed by atoms with Crippen molar-refractivity contribution in [3.05, 3.63) is 47.6 Å². The molecule has 0 amide bonds. The van der Waals surface area contributed by atoms with Gasteiger partial charge in [-0.05, 0) is 48.6 Å². The van der Waals surface area contributed by atoms with Crippen molar-refractivity contribution in [2.24, 2.45) is 0 Å². The van der Waals surface area contributed by atoms with E-state index in [-0.39, 0.29) is 17.1 Å². The molecule has 8 nitrogen and oxygen atoms in total. The molecule has 5 rings (SSSR count). The summed E-state index contributed by atoms with van der Waals surface area (Å²) in [5.74, 6) is 2.15. The Morgan fingerprint density at radius 1 is 0.448 bits per heavy atom. The predicted octanol–water partition coefficient (Wildman–Crippen LogP) is 3.54. The zero-order chi connectivity index (χ0) is 19.9. The monoisotopic (exact) mass is 435 g/mol. The van der Waals surface area contributed by atoms with Gasteiger partial charge in [-0.2, -0.15) is 0 Å². The molecule has 0 N–H and O–H groups in total. The van der Waals surface area contributed by atoms with Crippen LogP contribution in [0.4, 0.5) is 0 Å². The Labute approximate surface area is 179 Å². The van der Waals surface area contributed by atoms with Gasteiger partial charge in [0.2, 0.25) is 0 Å². The van der Waals surface area contributed by atoms with Crippen LogP contribution in [0.25, 0.3) is 46.9 Å². The molecule has 3 aromatic rings. The Kier molecular flexibility index (Phi) is 7.94. The van der Waals surface area contributed by atoms with Gasteiger partial charge >= 0.3 is 17.1 Å². The summed E-state index contributed by atoms with van der Waals surface area (Å²) in [7, 11) is 0. The molecule has 9 heteroatoms. The SMILES string of the molecule is C1=Cc2nc1nc1ccc(nc3nc(nc4ccc(n2)[n-]4)C=C3)[n-]1.CC.CC.[Cu+2]. The largest absolute Gasteiger partial charge is 2.00 e. The molecular weight excluding hydrogens is 416 g/mol. The van der Waals surface area contributed by atoms with Gasteiger partial charge in [-0.15, -0.1) is 0 Å². The summed E-state index contributed by atoms with van der Waals surface area (Å²) in [5, 5.41) is 0. The third-order valence-electron chi connectivity index (χ3n) is 3.36. The minimum atomic E-state index is 0. The minimum Gasteiger partial charge on any atom is -0.358 e. The van der Waals surface area contributed by atoms with Gasteiger partial charge in [0.15, 0.2) is 0 Å². The van der Waals surface area contributed by atoms with Crippen molar-refractivity contribution in [1.29, 1.82) is 0 Å². The second-order valence-corrected chi connectivity index (χ2v) is 5.09. The summed E-state index contributed by atoms with van der Waals surface area (Å²) in [4.78, 5) is 34.8. The van der Waals surface area contributed by atoms with Crippen molar-refractivity contribution in [2.45, 2.75) is 27.7 Å². The first-order chi connectivity index (χ1) is 13.8. The van der Waals surface area contributed by atoms with Crippen LogP contribution in [0.3, 0.4) is 0 Å². The van der Waals surface area contributed by atoms with E-state index in [4.69, 9.17) is 0 Å². The summed E-state index contributed by atoms with van der Waals surface area (Å²) < 4.78 is 0. The van der Waals surface area contributed by atoms with Crippen LogP contribution in [0.2, 0.25) is 0 Å². The number of rotatable bonds is 0. The average Bonchev–Trinajstić information content (AvgIpc) is 3.51. The summed E-state index contributed by atoms with van der Waals surface area (Å²) in [6, 6.07) is 7.12. The third kappa shape index (κ3) is 5.43. The first kappa shape index (κ1) is 22.1. The summed E-state index contributed by atoms with van der Waals surface area (Å²) in [6.07, 6.45) is 7.12. The standard InChI is InChI=1S/C16H8N8.2C2H6.Cu/c1-2-10-17-9(1)21-11-3-4-13(18-11)23-15-7-8-16(20-15)24-14-6-5-12(19-14)22-10;2*1-2;/h1-8H;2*1-2H3;/q-2;;;+2. The molecule has 0 saturated heterocycles. The maximum atomic E-state index is 4.37. The number of fused-ring (bicyclic) bond motifs is 8. The Balaban J connectivity index is 0.000000567. The zero-order valence-corrected chi connectivity index (χ0v) is 17.4. The first-order valence-corrected chi connectivity index (χ1v) is 9.22. The molecule has 0 aliphatic carbocycles. The van der Waals surface area contributed by atoms with E-state index in [0.29, 0.717) is 45.9 Å². The van der Waals surface area contributed by atoms with Gasteiger partial charge in [0.1, 0.15) is 0 Å². The molecule has 1 radical (unpaired) electrons. The zero-order valence-electron chi connectivity index (χ0n) is 16.5. The van der Waals surface area contributed by atoms with Crippen molar-refractivity contribution in [3.8, 4) is 0 Å². The molecule has 151 valence electrons. The molecule has 0 aromatic carbocycles. The predicted molar refractivity (Wildman–Crippen MR) is 111 cm³/mol. The number of hydrogen-bond acceptors (Lipinski definition) is 6. The molecule has 0 atom stereocenters. The van der Waals surface area contributed by atoms with Gasteiger partial charge in [0.25, 0.3) is 0 Å². The summed E-state index contributed by atoms with van der Waals surface area (Å²) >= 11 is 0. The van der Waals surface area contributed by atoms with Crippen LogP contribution >= 0.6 is 0 Å². The first-order valence-electron chi connectivity index (χ1n) is 9.22. The van der Waals surface area contributed by atoms with Crippen LogP contribution in [0.15, 0.2) is 24.3 Å². The van der Waals surface area contributed by atoms with E-state index in [2.05, 4.69) is 39.9 Å². The van der Waals surface area contributed by atoms with Crippen molar-refractivity contribution < 1.29 is 17.1 Å². The van der Waals surface area contributed by atoms with E-state index in [1.807, 2.05) is 27.7 Å². The Hall–Kier alpha value is -3.16. The number of nitrogens with zero attached hydrogens (tertiary/aromatic N) is 8. The molecule has 0 spiro atoms. The summed E-state index contributed by atoms with van der Waals surface area (Å²) in [5.41, 5.74) is 2.15. The number of aromatic nitrogens is 8. The fraction of sp³-hybridized carbons (Fsp3) is 0.200. The van der Waals surface area contributed by atoms with Gasteiger partial charge in [0, 0.05) is 22.6 Å². The fourth-order valence-electron chi connectivity index (χ4n) is 2.33.